The predicted molar refractivity (Wildman–Crippen MR) is 121 cm³/mol. The second-order valence-corrected chi connectivity index (χ2v) is 7.39. The van der Waals surface area contributed by atoms with Crippen molar-refractivity contribution in [2.24, 2.45) is 4.99 Å². The second kappa shape index (κ2) is 9.00. The van der Waals surface area contributed by atoms with E-state index in [1.807, 2.05) is 43.4 Å². The lowest BCUT2D eigenvalue weighted by molar-refractivity contribution is 0.0951. The van der Waals surface area contributed by atoms with Gasteiger partial charge in [-0.3, -0.25) is 9.79 Å². The molecule has 158 valence electrons. The fourth-order valence-electron chi connectivity index (χ4n) is 3.72. The maximum Gasteiger partial charge on any atom is 0.251 e. The Morgan fingerprint density at radius 2 is 1.84 bits per heavy atom. The molecule has 3 aromatic rings. The number of hydrogen-bond acceptors (Lipinski definition) is 4. The van der Waals surface area contributed by atoms with Crippen molar-refractivity contribution >= 4 is 17.3 Å². The lowest BCUT2D eigenvalue weighted by Gasteiger charge is -2.29. The van der Waals surface area contributed by atoms with E-state index in [1.54, 1.807) is 37.4 Å². The van der Waals surface area contributed by atoms with E-state index < -0.39 is 0 Å². The molecule has 5 nitrogen and oxygen atoms in total. The molecule has 31 heavy (non-hydrogen) atoms. The third kappa shape index (κ3) is 4.28. The molecule has 6 heteroatoms. The summed E-state index contributed by atoms with van der Waals surface area (Å²) >= 11 is 0. The first-order valence-corrected chi connectivity index (χ1v) is 10.1. The van der Waals surface area contributed by atoms with Gasteiger partial charge < -0.3 is 15.0 Å². The standard InChI is InChI=1S/C25H24FN3O2/c1-29-18(16-28-25(30)17-8-4-3-5-9-17)15-27-24(20-10-6-7-11-22(20)26)21-13-12-19(31-2)14-23(21)29/h3-14,18H,15-16H2,1-2H3,(H,28,30). The molecule has 0 radical (unpaired) electrons. The molecule has 1 amide bonds. The van der Waals surface area contributed by atoms with Crippen LogP contribution in [0.1, 0.15) is 21.5 Å². The highest BCUT2D eigenvalue weighted by Gasteiger charge is 2.26. The monoisotopic (exact) mass is 417 g/mol. The molecule has 1 N–H and O–H groups in total. The summed E-state index contributed by atoms with van der Waals surface area (Å²) in [6, 6.07) is 21.3. The van der Waals surface area contributed by atoms with Gasteiger partial charge in [0.15, 0.2) is 0 Å². The van der Waals surface area contributed by atoms with Gasteiger partial charge in [0.05, 0.1) is 25.4 Å². The van der Waals surface area contributed by atoms with E-state index in [2.05, 4.69) is 10.2 Å². The molecule has 0 aliphatic carbocycles. The lowest BCUT2D eigenvalue weighted by atomic mass is 9.99. The van der Waals surface area contributed by atoms with Gasteiger partial charge in [-0.25, -0.2) is 4.39 Å². The molecule has 1 aliphatic rings. The first kappa shape index (κ1) is 20.6. The van der Waals surface area contributed by atoms with Crippen LogP contribution in [0.2, 0.25) is 0 Å². The highest BCUT2D eigenvalue weighted by atomic mass is 19.1. The van der Waals surface area contributed by atoms with Crippen LogP contribution >= 0.6 is 0 Å². The van der Waals surface area contributed by atoms with Crippen molar-refractivity contribution in [3.8, 4) is 5.75 Å². The number of nitrogens with zero attached hydrogens (tertiary/aromatic N) is 2. The Balaban J connectivity index is 1.67. The highest BCUT2D eigenvalue weighted by molar-refractivity contribution is 6.16. The normalized spacial score (nSPS) is 15.5. The largest absolute Gasteiger partial charge is 0.497 e. The smallest absolute Gasteiger partial charge is 0.251 e. The van der Waals surface area contributed by atoms with Crippen LogP contribution in [-0.2, 0) is 0 Å². The van der Waals surface area contributed by atoms with E-state index in [4.69, 9.17) is 9.73 Å². The first-order valence-electron chi connectivity index (χ1n) is 10.1. The number of benzene rings is 3. The number of anilines is 1. The van der Waals surface area contributed by atoms with Crippen molar-refractivity contribution in [1.29, 1.82) is 0 Å². The molecule has 1 aliphatic heterocycles. The Bertz CT molecular complexity index is 1110. The van der Waals surface area contributed by atoms with Crippen LogP contribution in [-0.4, -0.2) is 44.9 Å². The number of amides is 1. The molecule has 0 saturated carbocycles. The Morgan fingerprint density at radius 1 is 1.10 bits per heavy atom. The topological polar surface area (TPSA) is 53.9 Å². The SMILES string of the molecule is COc1ccc2c(c1)N(C)C(CNC(=O)c1ccccc1)CN=C2c1ccccc1F. The minimum absolute atomic E-state index is 0.109. The van der Waals surface area contributed by atoms with Gasteiger partial charge in [0, 0.05) is 42.0 Å². The van der Waals surface area contributed by atoms with Crippen molar-refractivity contribution in [2.75, 3.05) is 32.1 Å². The third-order valence-electron chi connectivity index (χ3n) is 5.51. The summed E-state index contributed by atoms with van der Waals surface area (Å²) in [6.07, 6.45) is 0. The number of likely N-dealkylation sites (N-methyl/N-ethyl adjacent to an activating group) is 1. The number of carbonyl (C=O) groups excluding carboxylic acids is 1. The summed E-state index contributed by atoms with van der Waals surface area (Å²) in [5.41, 5.74) is 3.36. The van der Waals surface area contributed by atoms with Crippen molar-refractivity contribution in [3.05, 3.63) is 95.3 Å². The van der Waals surface area contributed by atoms with Gasteiger partial charge in [0.1, 0.15) is 11.6 Å². The predicted octanol–water partition coefficient (Wildman–Crippen LogP) is 3.92. The van der Waals surface area contributed by atoms with Crippen LogP contribution in [0.25, 0.3) is 0 Å². The van der Waals surface area contributed by atoms with Gasteiger partial charge in [0.25, 0.3) is 5.91 Å². The molecular formula is C25H24FN3O2. The number of halogens is 1. The average Bonchev–Trinajstić information content (AvgIpc) is 2.94. The van der Waals surface area contributed by atoms with Crippen molar-refractivity contribution in [2.45, 2.75) is 6.04 Å². The van der Waals surface area contributed by atoms with Crippen LogP contribution in [0.3, 0.4) is 0 Å². The van der Waals surface area contributed by atoms with Crippen LogP contribution in [0.4, 0.5) is 10.1 Å². The van der Waals surface area contributed by atoms with E-state index in [1.165, 1.54) is 6.07 Å². The number of rotatable bonds is 5. The molecule has 4 rings (SSSR count). The van der Waals surface area contributed by atoms with Crippen molar-refractivity contribution in [3.63, 3.8) is 0 Å². The van der Waals surface area contributed by atoms with Gasteiger partial charge in [-0.2, -0.15) is 0 Å². The Morgan fingerprint density at radius 3 is 2.58 bits per heavy atom. The van der Waals surface area contributed by atoms with E-state index in [0.29, 0.717) is 35.7 Å². The highest BCUT2D eigenvalue weighted by Crippen LogP contribution is 2.31. The molecule has 0 spiro atoms. The van der Waals surface area contributed by atoms with Gasteiger partial charge in [-0.15, -0.1) is 0 Å². The van der Waals surface area contributed by atoms with E-state index in [-0.39, 0.29) is 17.8 Å². The summed E-state index contributed by atoms with van der Waals surface area (Å²) in [6.45, 7) is 0.807. The minimum Gasteiger partial charge on any atom is -0.497 e. The lowest BCUT2D eigenvalue weighted by Crippen LogP contribution is -2.43. The fraction of sp³-hybridized carbons (Fsp3) is 0.200. The Kier molecular flexibility index (Phi) is 5.98. The molecule has 0 saturated heterocycles. The number of hydrogen-bond donors (Lipinski definition) is 1. The summed E-state index contributed by atoms with van der Waals surface area (Å²) in [5, 5.41) is 3.00. The molecule has 1 unspecified atom stereocenters. The Hall–Kier alpha value is -3.67. The van der Waals surface area contributed by atoms with E-state index in [9.17, 15) is 9.18 Å². The number of nitrogens with one attached hydrogen (secondary N) is 1. The third-order valence-corrected chi connectivity index (χ3v) is 5.51. The number of ether oxygens (including phenoxy) is 1. The molecule has 1 atom stereocenters. The minimum atomic E-state index is -0.318. The molecule has 1 heterocycles. The maximum atomic E-state index is 14.6. The summed E-state index contributed by atoms with van der Waals surface area (Å²) in [4.78, 5) is 19.4. The van der Waals surface area contributed by atoms with E-state index in [0.717, 1.165) is 11.3 Å². The van der Waals surface area contributed by atoms with Crippen molar-refractivity contribution in [1.82, 2.24) is 5.32 Å². The van der Waals surface area contributed by atoms with Gasteiger partial charge in [0.2, 0.25) is 0 Å². The summed E-state index contributed by atoms with van der Waals surface area (Å²) in [7, 11) is 3.57. The number of aliphatic imine (C=N–C) groups is 1. The zero-order chi connectivity index (χ0) is 21.8. The number of benzodiazepines with no additional fused rings is 1. The number of carbonyl (C=O) groups is 1. The zero-order valence-corrected chi connectivity index (χ0v) is 17.5. The molecular weight excluding hydrogens is 393 g/mol. The second-order valence-electron chi connectivity index (χ2n) is 7.39. The average molecular weight is 417 g/mol. The zero-order valence-electron chi connectivity index (χ0n) is 17.5. The molecule has 0 aromatic heterocycles. The van der Waals surface area contributed by atoms with Gasteiger partial charge in [-0.05, 0) is 36.4 Å². The Labute approximate surface area is 181 Å². The van der Waals surface area contributed by atoms with E-state index >= 15 is 0 Å². The van der Waals surface area contributed by atoms with Crippen LogP contribution < -0.4 is 15.0 Å². The van der Waals surface area contributed by atoms with Crippen molar-refractivity contribution < 1.29 is 13.9 Å². The van der Waals surface area contributed by atoms with Crippen LogP contribution in [0.15, 0.2) is 77.8 Å². The summed E-state index contributed by atoms with van der Waals surface area (Å²) < 4.78 is 20.0. The summed E-state index contributed by atoms with van der Waals surface area (Å²) in [5.74, 6) is 0.247. The maximum absolute atomic E-state index is 14.6. The van der Waals surface area contributed by atoms with Crippen LogP contribution in [0.5, 0.6) is 5.75 Å². The van der Waals surface area contributed by atoms with Crippen LogP contribution in [0, 0.1) is 5.82 Å². The van der Waals surface area contributed by atoms with Gasteiger partial charge in [-0.1, -0.05) is 30.3 Å². The fourth-order valence-corrected chi connectivity index (χ4v) is 3.72. The number of methoxy groups -OCH3 is 1. The quantitative estimate of drug-likeness (QED) is 0.685. The molecule has 0 bridgehead atoms. The number of fused-ring (bicyclic) bond motifs is 1. The van der Waals surface area contributed by atoms with Gasteiger partial charge >= 0.3 is 0 Å². The molecule has 0 fully saturated rings. The first-order chi connectivity index (χ1) is 15.1. The molecule has 3 aromatic carbocycles.